The third kappa shape index (κ3) is 3.59. The molecule has 0 saturated heterocycles. The maximum atomic E-state index is 13.0. The van der Waals surface area contributed by atoms with Crippen LogP contribution < -0.4 is 15.0 Å². The van der Waals surface area contributed by atoms with Crippen LogP contribution in [0.2, 0.25) is 5.02 Å². The number of nitrogens with zero attached hydrogens (tertiary/aromatic N) is 5. The number of carbonyl (C=O) groups excluding carboxylic acids is 2. The molecular formula is C20H19ClN6O3. The van der Waals surface area contributed by atoms with Gasteiger partial charge < -0.3 is 15.0 Å². The number of nitrogens with one attached hydrogen (secondary N) is 1. The normalized spacial score (nSPS) is 16.0. The summed E-state index contributed by atoms with van der Waals surface area (Å²) >= 11 is 6.35. The summed E-state index contributed by atoms with van der Waals surface area (Å²) in [5.74, 6) is -0.335. The number of methoxy groups -OCH3 is 1. The number of amides is 2. The minimum Gasteiger partial charge on any atom is -0.496 e. The van der Waals surface area contributed by atoms with Gasteiger partial charge in [-0.1, -0.05) is 29.8 Å². The van der Waals surface area contributed by atoms with E-state index in [0.29, 0.717) is 24.3 Å². The van der Waals surface area contributed by atoms with Gasteiger partial charge in [0.15, 0.2) is 0 Å². The van der Waals surface area contributed by atoms with E-state index in [0.717, 1.165) is 11.3 Å². The summed E-state index contributed by atoms with van der Waals surface area (Å²) in [4.78, 5) is 27.5. The molecule has 10 heteroatoms. The molecule has 1 unspecified atom stereocenters. The average Bonchev–Trinajstić information content (AvgIpc) is 3.26. The van der Waals surface area contributed by atoms with Crippen LogP contribution in [0.15, 0.2) is 42.7 Å². The van der Waals surface area contributed by atoms with Crippen LogP contribution in [0.1, 0.15) is 22.3 Å². The Bertz CT molecular complexity index is 1100. The van der Waals surface area contributed by atoms with Gasteiger partial charge in [-0.2, -0.15) is 4.68 Å². The minimum atomic E-state index is -0.669. The van der Waals surface area contributed by atoms with Gasteiger partial charge in [0.1, 0.15) is 18.1 Å². The Balaban J connectivity index is 1.60. The third-order valence-corrected chi connectivity index (χ3v) is 5.40. The average molecular weight is 427 g/mol. The zero-order chi connectivity index (χ0) is 21.3. The molecule has 2 aromatic carbocycles. The Morgan fingerprint density at radius 1 is 1.27 bits per heavy atom. The molecule has 0 saturated carbocycles. The van der Waals surface area contributed by atoms with Crippen molar-refractivity contribution < 1.29 is 14.3 Å². The Morgan fingerprint density at radius 3 is 2.80 bits per heavy atom. The number of aryl methyl sites for hydroxylation is 1. The van der Waals surface area contributed by atoms with E-state index in [-0.39, 0.29) is 16.5 Å². The minimum absolute atomic E-state index is 0.177. The van der Waals surface area contributed by atoms with Gasteiger partial charge in [0.2, 0.25) is 5.91 Å². The number of hydrogen-bond acceptors (Lipinski definition) is 6. The number of rotatable bonds is 4. The Morgan fingerprint density at radius 2 is 2.07 bits per heavy atom. The topological polar surface area (TPSA) is 102 Å². The van der Waals surface area contributed by atoms with Crippen molar-refractivity contribution >= 4 is 29.1 Å². The molecule has 0 spiro atoms. The van der Waals surface area contributed by atoms with Gasteiger partial charge in [0.25, 0.3) is 5.91 Å². The van der Waals surface area contributed by atoms with Crippen molar-refractivity contribution in [2.24, 2.45) is 0 Å². The zero-order valence-electron chi connectivity index (χ0n) is 16.4. The van der Waals surface area contributed by atoms with Crippen LogP contribution in [0.5, 0.6) is 5.75 Å². The molecule has 154 valence electrons. The monoisotopic (exact) mass is 426 g/mol. The van der Waals surface area contributed by atoms with E-state index in [1.165, 1.54) is 24.2 Å². The predicted octanol–water partition coefficient (Wildman–Crippen LogP) is 2.03. The molecule has 0 fully saturated rings. The Labute approximate surface area is 177 Å². The van der Waals surface area contributed by atoms with Crippen LogP contribution in [0.3, 0.4) is 0 Å². The van der Waals surface area contributed by atoms with Gasteiger partial charge in [-0.15, -0.1) is 5.10 Å². The van der Waals surface area contributed by atoms with Crippen molar-refractivity contribution in [3.05, 3.63) is 58.9 Å². The number of benzene rings is 2. The van der Waals surface area contributed by atoms with Gasteiger partial charge in [-0.3, -0.25) is 9.59 Å². The number of carbonyl (C=O) groups is 2. The summed E-state index contributed by atoms with van der Waals surface area (Å²) in [7, 11) is 3.16. The van der Waals surface area contributed by atoms with Crippen LogP contribution in [-0.4, -0.2) is 52.2 Å². The SMILES string of the molecule is COc1cc(-n2cnnn2)c(Cl)cc1C(=O)NC1CCc2ccccc2N(C)C1=O. The molecule has 2 heterocycles. The maximum Gasteiger partial charge on any atom is 0.255 e. The standard InChI is InChI=1S/C20H19ClN6O3/c1-26-16-6-4-3-5-12(16)7-8-15(20(26)29)23-19(28)13-9-14(21)17(10-18(13)30-2)27-11-22-24-25-27/h3-6,9-11,15H,7-8H2,1-2H3,(H,23,28). The molecule has 0 aliphatic carbocycles. The first-order chi connectivity index (χ1) is 14.5. The first-order valence-electron chi connectivity index (χ1n) is 9.27. The highest BCUT2D eigenvalue weighted by Crippen LogP contribution is 2.30. The highest BCUT2D eigenvalue weighted by molar-refractivity contribution is 6.33. The lowest BCUT2D eigenvalue weighted by molar-refractivity contribution is -0.120. The summed E-state index contributed by atoms with van der Waals surface area (Å²) in [6, 6.07) is 10.1. The van der Waals surface area contributed by atoms with Crippen LogP contribution in [0.4, 0.5) is 5.69 Å². The summed E-state index contributed by atoms with van der Waals surface area (Å²) in [6.07, 6.45) is 2.55. The fourth-order valence-electron chi connectivity index (χ4n) is 3.53. The van der Waals surface area contributed by atoms with Crippen molar-refractivity contribution in [1.29, 1.82) is 0 Å². The number of ether oxygens (including phenoxy) is 1. The lowest BCUT2D eigenvalue weighted by atomic mass is 10.1. The molecule has 0 radical (unpaired) electrons. The van der Waals surface area contributed by atoms with Crippen molar-refractivity contribution in [2.45, 2.75) is 18.9 Å². The van der Waals surface area contributed by atoms with Gasteiger partial charge in [0, 0.05) is 18.8 Å². The van der Waals surface area contributed by atoms with E-state index < -0.39 is 11.9 Å². The van der Waals surface area contributed by atoms with E-state index in [1.54, 1.807) is 18.0 Å². The molecule has 1 aliphatic rings. The molecule has 1 atom stereocenters. The fourth-order valence-corrected chi connectivity index (χ4v) is 3.78. The van der Waals surface area contributed by atoms with E-state index in [1.807, 2.05) is 24.3 Å². The second kappa shape index (κ2) is 8.11. The molecular weight excluding hydrogens is 408 g/mol. The van der Waals surface area contributed by atoms with Crippen LogP contribution in [0.25, 0.3) is 5.69 Å². The zero-order valence-corrected chi connectivity index (χ0v) is 17.1. The Hall–Kier alpha value is -3.46. The highest BCUT2D eigenvalue weighted by Gasteiger charge is 2.30. The van der Waals surface area contributed by atoms with Gasteiger partial charge in [-0.25, -0.2) is 0 Å². The molecule has 9 nitrogen and oxygen atoms in total. The number of aromatic nitrogens is 4. The maximum absolute atomic E-state index is 13.0. The predicted molar refractivity (Wildman–Crippen MR) is 110 cm³/mol. The van der Waals surface area contributed by atoms with Crippen LogP contribution in [0, 0.1) is 0 Å². The number of tetrazole rings is 1. The van der Waals surface area contributed by atoms with Gasteiger partial charge >= 0.3 is 0 Å². The smallest absolute Gasteiger partial charge is 0.255 e. The summed E-state index contributed by atoms with van der Waals surface area (Å²) in [5, 5.41) is 14.1. The molecule has 3 aromatic rings. The number of hydrogen-bond donors (Lipinski definition) is 1. The molecule has 1 aromatic heterocycles. The van der Waals surface area contributed by atoms with Crippen molar-refractivity contribution in [3.63, 3.8) is 0 Å². The number of fused-ring (bicyclic) bond motifs is 1. The van der Waals surface area contributed by atoms with E-state index in [4.69, 9.17) is 16.3 Å². The van der Waals surface area contributed by atoms with Crippen molar-refractivity contribution in [2.75, 3.05) is 19.1 Å². The van der Waals surface area contributed by atoms with Crippen molar-refractivity contribution in [1.82, 2.24) is 25.5 Å². The molecule has 30 heavy (non-hydrogen) atoms. The third-order valence-electron chi connectivity index (χ3n) is 5.10. The fraction of sp³-hybridized carbons (Fsp3) is 0.250. The summed E-state index contributed by atoms with van der Waals surface area (Å²) < 4.78 is 6.74. The second-order valence-corrected chi connectivity index (χ2v) is 7.26. The lowest BCUT2D eigenvalue weighted by Crippen LogP contribution is -2.46. The van der Waals surface area contributed by atoms with E-state index in [9.17, 15) is 9.59 Å². The van der Waals surface area contributed by atoms with Crippen LogP contribution in [-0.2, 0) is 11.2 Å². The first kappa shape index (κ1) is 19.8. The quantitative estimate of drug-likeness (QED) is 0.684. The van der Waals surface area contributed by atoms with E-state index >= 15 is 0 Å². The molecule has 1 aliphatic heterocycles. The largest absolute Gasteiger partial charge is 0.496 e. The number of halogens is 1. The second-order valence-electron chi connectivity index (χ2n) is 6.85. The first-order valence-corrected chi connectivity index (χ1v) is 9.64. The molecule has 0 bridgehead atoms. The van der Waals surface area contributed by atoms with Gasteiger partial charge in [-0.05, 0) is 41.0 Å². The summed E-state index contributed by atoms with van der Waals surface area (Å²) in [6.45, 7) is 0. The summed E-state index contributed by atoms with van der Waals surface area (Å²) in [5.41, 5.74) is 2.61. The Kier molecular flexibility index (Phi) is 5.37. The number of para-hydroxylation sites is 1. The lowest BCUT2D eigenvalue weighted by Gasteiger charge is -2.22. The van der Waals surface area contributed by atoms with E-state index in [2.05, 4.69) is 20.8 Å². The highest BCUT2D eigenvalue weighted by atomic mass is 35.5. The van der Waals surface area contributed by atoms with Gasteiger partial charge in [0.05, 0.1) is 23.4 Å². The number of anilines is 1. The molecule has 2 amide bonds. The van der Waals surface area contributed by atoms with Crippen LogP contribution >= 0.6 is 11.6 Å². The molecule has 4 rings (SSSR count). The molecule has 1 N–H and O–H groups in total. The number of likely N-dealkylation sites (N-methyl/N-ethyl adjacent to an activating group) is 1. The van der Waals surface area contributed by atoms with Crippen molar-refractivity contribution in [3.8, 4) is 11.4 Å².